The van der Waals surface area contributed by atoms with E-state index in [0.29, 0.717) is 13.0 Å². The molecule has 1 N–H and O–H groups in total. The Balaban J connectivity index is 2.16. The number of nitrogens with zero attached hydrogens (tertiary/aromatic N) is 1. The molecule has 1 aromatic heterocycles. The molecule has 1 aliphatic heterocycles. The maximum absolute atomic E-state index is 14.9. The quantitative estimate of drug-likeness (QED) is 0.814. The number of halogens is 1. The number of hydrogen-bond donors (Lipinski definition) is 1. The maximum Gasteiger partial charge on any atom is 0.149 e. The van der Waals surface area contributed by atoms with Gasteiger partial charge in [-0.25, -0.2) is 4.39 Å². The van der Waals surface area contributed by atoms with Gasteiger partial charge in [-0.2, -0.15) is 0 Å². The zero-order valence-electron chi connectivity index (χ0n) is 9.62. The zero-order valence-corrected chi connectivity index (χ0v) is 9.62. The predicted octanol–water partition coefficient (Wildman–Crippen LogP) is 2.78. The van der Waals surface area contributed by atoms with Crippen LogP contribution in [0.3, 0.4) is 0 Å². The minimum atomic E-state index is -1.25. The highest BCUT2D eigenvalue weighted by atomic mass is 19.1. The molecule has 3 heteroatoms. The van der Waals surface area contributed by atoms with Crippen LogP contribution in [0, 0.1) is 0 Å². The SMILES string of the molecule is FC1(c2cccc3ncccc23)CCCNC1. The molecule has 0 amide bonds. The Morgan fingerprint density at radius 1 is 1.24 bits per heavy atom. The summed E-state index contributed by atoms with van der Waals surface area (Å²) in [6, 6.07) is 9.52. The van der Waals surface area contributed by atoms with Gasteiger partial charge in [-0.15, -0.1) is 0 Å². The summed E-state index contributed by atoms with van der Waals surface area (Å²) in [7, 11) is 0. The second-order valence-corrected chi connectivity index (χ2v) is 4.62. The van der Waals surface area contributed by atoms with Crippen molar-refractivity contribution in [2.75, 3.05) is 13.1 Å². The minimum Gasteiger partial charge on any atom is -0.313 e. The molecule has 0 radical (unpaired) electrons. The van der Waals surface area contributed by atoms with E-state index in [1.165, 1.54) is 0 Å². The summed E-state index contributed by atoms with van der Waals surface area (Å²) in [5, 5.41) is 4.07. The number of nitrogens with one attached hydrogen (secondary N) is 1. The van der Waals surface area contributed by atoms with E-state index in [2.05, 4.69) is 10.3 Å². The van der Waals surface area contributed by atoms with Gasteiger partial charge in [-0.05, 0) is 37.1 Å². The third kappa shape index (κ3) is 1.80. The van der Waals surface area contributed by atoms with Crippen LogP contribution >= 0.6 is 0 Å². The van der Waals surface area contributed by atoms with Crippen LogP contribution in [0.15, 0.2) is 36.5 Å². The molecule has 17 heavy (non-hydrogen) atoms. The van der Waals surface area contributed by atoms with Crippen LogP contribution in [0.1, 0.15) is 18.4 Å². The van der Waals surface area contributed by atoms with Gasteiger partial charge in [0.1, 0.15) is 5.67 Å². The molecular formula is C14H15FN2. The van der Waals surface area contributed by atoms with Crippen molar-refractivity contribution in [2.45, 2.75) is 18.5 Å². The lowest BCUT2D eigenvalue weighted by atomic mass is 9.86. The summed E-state index contributed by atoms with van der Waals surface area (Å²) in [4.78, 5) is 4.28. The molecule has 88 valence electrons. The number of pyridine rings is 1. The fourth-order valence-electron chi connectivity index (χ4n) is 2.59. The van der Waals surface area contributed by atoms with Crippen molar-refractivity contribution in [3.63, 3.8) is 0 Å². The van der Waals surface area contributed by atoms with Gasteiger partial charge >= 0.3 is 0 Å². The van der Waals surface area contributed by atoms with Gasteiger partial charge < -0.3 is 5.32 Å². The highest BCUT2D eigenvalue weighted by Crippen LogP contribution is 2.36. The van der Waals surface area contributed by atoms with Crippen molar-refractivity contribution < 1.29 is 4.39 Å². The first kappa shape index (κ1) is 10.7. The van der Waals surface area contributed by atoms with Gasteiger partial charge in [0.15, 0.2) is 0 Å². The van der Waals surface area contributed by atoms with Gasteiger partial charge in [0.25, 0.3) is 0 Å². The summed E-state index contributed by atoms with van der Waals surface area (Å²) >= 11 is 0. The second-order valence-electron chi connectivity index (χ2n) is 4.62. The van der Waals surface area contributed by atoms with Gasteiger partial charge in [-0.3, -0.25) is 4.98 Å². The van der Waals surface area contributed by atoms with Crippen LogP contribution < -0.4 is 5.32 Å². The number of benzene rings is 1. The summed E-state index contributed by atoms with van der Waals surface area (Å²) in [5.41, 5.74) is 0.392. The van der Waals surface area contributed by atoms with Crippen molar-refractivity contribution in [1.82, 2.24) is 10.3 Å². The fourth-order valence-corrected chi connectivity index (χ4v) is 2.59. The molecule has 1 aliphatic rings. The third-order valence-electron chi connectivity index (χ3n) is 3.46. The first-order valence-corrected chi connectivity index (χ1v) is 6.03. The number of rotatable bonds is 1. The molecule has 0 spiro atoms. The molecular weight excluding hydrogens is 215 g/mol. The summed E-state index contributed by atoms with van der Waals surface area (Å²) in [6.45, 7) is 1.32. The number of alkyl halides is 1. The lowest BCUT2D eigenvalue weighted by molar-refractivity contribution is 0.123. The van der Waals surface area contributed by atoms with E-state index >= 15 is 0 Å². The predicted molar refractivity (Wildman–Crippen MR) is 66.6 cm³/mol. The monoisotopic (exact) mass is 230 g/mol. The largest absolute Gasteiger partial charge is 0.313 e. The Morgan fingerprint density at radius 2 is 2.18 bits per heavy atom. The zero-order chi connectivity index (χ0) is 11.7. The summed E-state index contributed by atoms with van der Waals surface area (Å²) in [6.07, 6.45) is 3.22. The van der Waals surface area contributed by atoms with Crippen LogP contribution in [0.2, 0.25) is 0 Å². The second kappa shape index (κ2) is 4.08. The molecule has 1 atom stereocenters. The van der Waals surface area contributed by atoms with Crippen LogP contribution in [0.5, 0.6) is 0 Å². The van der Waals surface area contributed by atoms with E-state index in [9.17, 15) is 4.39 Å². The Bertz CT molecular complexity index is 527. The Kier molecular flexibility index (Phi) is 2.56. The van der Waals surface area contributed by atoms with E-state index < -0.39 is 5.67 Å². The van der Waals surface area contributed by atoms with E-state index in [1.807, 2.05) is 30.3 Å². The standard InChI is InChI=1S/C14H15FN2/c15-14(7-3-8-16-10-14)12-5-1-6-13-11(12)4-2-9-17-13/h1-2,4-6,9,16H,3,7-8,10H2. The first-order chi connectivity index (χ1) is 8.30. The van der Waals surface area contributed by atoms with E-state index in [1.54, 1.807) is 6.20 Å². The first-order valence-electron chi connectivity index (χ1n) is 6.03. The maximum atomic E-state index is 14.9. The van der Waals surface area contributed by atoms with E-state index in [4.69, 9.17) is 0 Å². The number of hydrogen-bond acceptors (Lipinski definition) is 2. The molecule has 1 saturated heterocycles. The van der Waals surface area contributed by atoms with Crippen molar-refractivity contribution in [2.24, 2.45) is 0 Å². The lowest BCUT2D eigenvalue weighted by Gasteiger charge is -2.31. The van der Waals surface area contributed by atoms with E-state index in [0.717, 1.165) is 29.4 Å². The topological polar surface area (TPSA) is 24.9 Å². The average Bonchev–Trinajstić information content (AvgIpc) is 2.39. The molecule has 2 nitrogen and oxygen atoms in total. The molecule has 2 aromatic rings. The molecule has 0 bridgehead atoms. The third-order valence-corrected chi connectivity index (χ3v) is 3.46. The highest BCUT2D eigenvalue weighted by Gasteiger charge is 2.34. The van der Waals surface area contributed by atoms with Gasteiger partial charge in [0.2, 0.25) is 0 Å². The molecule has 1 unspecified atom stereocenters. The van der Waals surface area contributed by atoms with Crippen LogP contribution in [-0.4, -0.2) is 18.1 Å². The van der Waals surface area contributed by atoms with Crippen LogP contribution in [0.25, 0.3) is 10.9 Å². The smallest absolute Gasteiger partial charge is 0.149 e. The number of fused-ring (bicyclic) bond motifs is 1. The average molecular weight is 230 g/mol. The lowest BCUT2D eigenvalue weighted by Crippen LogP contribution is -2.40. The number of piperidine rings is 1. The Hall–Kier alpha value is -1.48. The fraction of sp³-hybridized carbons (Fsp3) is 0.357. The molecule has 2 heterocycles. The van der Waals surface area contributed by atoms with Crippen molar-refractivity contribution in [3.05, 3.63) is 42.1 Å². The number of aromatic nitrogens is 1. The summed E-state index contributed by atoms with van der Waals surface area (Å²) < 4.78 is 14.9. The van der Waals surface area contributed by atoms with Crippen LogP contribution in [0.4, 0.5) is 4.39 Å². The summed E-state index contributed by atoms with van der Waals surface area (Å²) in [5.74, 6) is 0. The van der Waals surface area contributed by atoms with E-state index in [-0.39, 0.29) is 0 Å². The normalized spacial score (nSPS) is 25.0. The van der Waals surface area contributed by atoms with Gasteiger partial charge in [-0.1, -0.05) is 18.2 Å². The molecule has 0 saturated carbocycles. The van der Waals surface area contributed by atoms with Gasteiger partial charge in [0.05, 0.1) is 5.52 Å². The van der Waals surface area contributed by atoms with Crippen molar-refractivity contribution in [1.29, 1.82) is 0 Å². The molecule has 1 fully saturated rings. The molecule has 3 rings (SSSR count). The Labute approximate surface area is 99.9 Å². The van der Waals surface area contributed by atoms with Gasteiger partial charge in [0, 0.05) is 18.1 Å². The van der Waals surface area contributed by atoms with Crippen molar-refractivity contribution in [3.8, 4) is 0 Å². The van der Waals surface area contributed by atoms with Crippen LogP contribution in [-0.2, 0) is 5.67 Å². The molecule has 1 aromatic carbocycles. The Morgan fingerprint density at radius 3 is 3.00 bits per heavy atom. The molecule has 0 aliphatic carbocycles. The minimum absolute atomic E-state index is 0.404. The highest BCUT2D eigenvalue weighted by molar-refractivity contribution is 5.82. The van der Waals surface area contributed by atoms with Crippen molar-refractivity contribution >= 4 is 10.9 Å².